The number of nitrogens with zero attached hydrogens (tertiary/aromatic N) is 3. The van der Waals surface area contributed by atoms with Crippen molar-refractivity contribution in [2.75, 3.05) is 14.2 Å². The molecule has 0 aliphatic rings. The van der Waals surface area contributed by atoms with Gasteiger partial charge in [0.2, 0.25) is 0 Å². The lowest BCUT2D eigenvalue weighted by Gasteiger charge is -2.08. The van der Waals surface area contributed by atoms with Crippen molar-refractivity contribution in [2.45, 2.75) is 0 Å². The monoisotopic (exact) mass is 360 g/mol. The Bertz CT molecular complexity index is 1070. The molecule has 0 unspecified atom stereocenters. The summed E-state index contributed by atoms with van der Waals surface area (Å²) in [6.45, 7) is 0. The molecule has 0 atom stereocenters. The number of nitrogens with one attached hydrogen (secondary N) is 1. The summed E-state index contributed by atoms with van der Waals surface area (Å²) < 4.78 is 12.9. The SMILES string of the molecule is COc1cccc(-c2nc(-c3ccc(-c4ncc[nH]4)cc3OC)cn2C)c1. The van der Waals surface area contributed by atoms with Gasteiger partial charge in [0.05, 0.1) is 19.9 Å². The van der Waals surface area contributed by atoms with E-state index in [1.165, 1.54) is 0 Å². The molecule has 0 bridgehead atoms. The first-order valence-electron chi connectivity index (χ1n) is 8.55. The van der Waals surface area contributed by atoms with Crippen molar-refractivity contribution in [1.29, 1.82) is 0 Å². The lowest BCUT2D eigenvalue weighted by atomic mass is 10.1. The highest BCUT2D eigenvalue weighted by Crippen LogP contribution is 2.34. The Hall–Kier alpha value is -3.54. The number of imidazole rings is 2. The van der Waals surface area contributed by atoms with Crippen LogP contribution in [0, 0.1) is 0 Å². The molecular weight excluding hydrogens is 340 g/mol. The van der Waals surface area contributed by atoms with Crippen LogP contribution >= 0.6 is 0 Å². The van der Waals surface area contributed by atoms with Gasteiger partial charge in [0.25, 0.3) is 0 Å². The van der Waals surface area contributed by atoms with E-state index >= 15 is 0 Å². The topological polar surface area (TPSA) is 65.0 Å². The van der Waals surface area contributed by atoms with E-state index < -0.39 is 0 Å². The van der Waals surface area contributed by atoms with Gasteiger partial charge in [-0.3, -0.25) is 0 Å². The van der Waals surface area contributed by atoms with Crippen LogP contribution in [0.1, 0.15) is 0 Å². The maximum Gasteiger partial charge on any atom is 0.140 e. The smallest absolute Gasteiger partial charge is 0.140 e. The molecule has 0 amide bonds. The average molecular weight is 360 g/mol. The normalized spacial score (nSPS) is 10.8. The van der Waals surface area contributed by atoms with Crippen LogP contribution in [0.3, 0.4) is 0 Å². The Morgan fingerprint density at radius 2 is 1.89 bits per heavy atom. The summed E-state index contributed by atoms with van der Waals surface area (Å²) >= 11 is 0. The minimum atomic E-state index is 0.749. The Morgan fingerprint density at radius 1 is 1.00 bits per heavy atom. The summed E-state index contributed by atoms with van der Waals surface area (Å²) in [6.07, 6.45) is 5.53. The highest BCUT2D eigenvalue weighted by atomic mass is 16.5. The summed E-state index contributed by atoms with van der Waals surface area (Å²) in [5.74, 6) is 3.22. The summed E-state index contributed by atoms with van der Waals surface area (Å²) in [5, 5.41) is 0. The maximum absolute atomic E-state index is 5.62. The van der Waals surface area contributed by atoms with E-state index in [4.69, 9.17) is 14.5 Å². The third-order valence-corrected chi connectivity index (χ3v) is 4.45. The number of aromatic amines is 1. The number of methoxy groups -OCH3 is 2. The van der Waals surface area contributed by atoms with Gasteiger partial charge in [-0.1, -0.05) is 18.2 Å². The molecule has 6 nitrogen and oxygen atoms in total. The van der Waals surface area contributed by atoms with E-state index in [2.05, 4.69) is 9.97 Å². The summed E-state index contributed by atoms with van der Waals surface area (Å²) in [7, 11) is 5.31. The number of H-pyrrole nitrogens is 1. The first-order chi connectivity index (χ1) is 13.2. The van der Waals surface area contributed by atoms with Crippen LogP contribution in [0.2, 0.25) is 0 Å². The third kappa shape index (κ3) is 3.17. The van der Waals surface area contributed by atoms with Crippen molar-refractivity contribution in [2.24, 2.45) is 7.05 Å². The lowest BCUT2D eigenvalue weighted by molar-refractivity contribution is 0.415. The summed E-state index contributed by atoms with van der Waals surface area (Å²) in [6, 6.07) is 13.9. The standard InChI is InChI=1S/C21H20N4O2/c1-25-13-18(24-21(25)15-5-4-6-16(11-15)26-2)17-8-7-14(12-19(17)27-3)20-22-9-10-23-20/h4-13H,1-3H3,(H,22,23). The van der Waals surface area contributed by atoms with Crippen molar-refractivity contribution < 1.29 is 9.47 Å². The van der Waals surface area contributed by atoms with Crippen molar-refractivity contribution in [3.63, 3.8) is 0 Å². The predicted octanol–water partition coefficient (Wildman–Crippen LogP) is 4.16. The largest absolute Gasteiger partial charge is 0.497 e. The maximum atomic E-state index is 5.62. The van der Waals surface area contributed by atoms with Gasteiger partial charge >= 0.3 is 0 Å². The van der Waals surface area contributed by atoms with Gasteiger partial charge in [-0.05, 0) is 24.3 Å². The van der Waals surface area contributed by atoms with E-state index in [1.54, 1.807) is 26.6 Å². The van der Waals surface area contributed by atoms with Gasteiger partial charge in [-0.15, -0.1) is 0 Å². The number of aromatic nitrogens is 4. The van der Waals surface area contributed by atoms with Crippen LogP contribution in [-0.4, -0.2) is 33.7 Å². The highest BCUT2D eigenvalue weighted by molar-refractivity contribution is 5.74. The van der Waals surface area contributed by atoms with E-state index in [1.807, 2.05) is 60.3 Å². The van der Waals surface area contributed by atoms with Crippen LogP contribution in [-0.2, 0) is 7.05 Å². The minimum Gasteiger partial charge on any atom is -0.497 e. The molecule has 136 valence electrons. The molecule has 0 spiro atoms. The number of rotatable bonds is 5. The molecule has 2 aromatic heterocycles. The van der Waals surface area contributed by atoms with Gasteiger partial charge < -0.3 is 19.0 Å². The fraction of sp³-hybridized carbons (Fsp3) is 0.143. The Balaban J connectivity index is 1.76. The molecule has 0 saturated carbocycles. The highest BCUT2D eigenvalue weighted by Gasteiger charge is 2.15. The van der Waals surface area contributed by atoms with Crippen molar-refractivity contribution >= 4 is 0 Å². The summed E-state index contributed by atoms with van der Waals surface area (Å²) in [5.41, 5.74) is 3.73. The zero-order valence-corrected chi connectivity index (χ0v) is 15.4. The van der Waals surface area contributed by atoms with E-state index in [0.29, 0.717) is 0 Å². The molecular formula is C21H20N4O2. The molecule has 0 aliphatic heterocycles. The Morgan fingerprint density at radius 3 is 2.63 bits per heavy atom. The second-order valence-corrected chi connectivity index (χ2v) is 6.15. The Kier molecular flexibility index (Phi) is 4.38. The van der Waals surface area contributed by atoms with Crippen molar-refractivity contribution in [1.82, 2.24) is 19.5 Å². The molecule has 2 heterocycles. The first kappa shape index (κ1) is 16.9. The van der Waals surface area contributed by atoms with Gasteiger partial charge in [-0.2, -0.15) is 0 Å². The van der Waals surface area contributed by atoms with Crippen molar-refractivity contribution in [3.8, 4) is 45.5 Å². The predicted molar refractivity (Wildman–Crippen MR) is 105 cm³/mol. The molecule has 1 N–H and O–H groups in total. The van der Waals surface area contributed by atoms with Crippen LogP contribution in [0.4, 0.5) is 0 Å². The fourth-order valence-corrected chi connectivity index (χ4v) is 3.10. The molecule has 4 aromatic rings. The second kappa shape index (κ2) is 6.99. The second-order valence-electron chi connectivity index (χ2n) is 6.15. The molecule has 4 rings (SSSR count). The number of ether oxygens (including phenoxy) is 2. The minimum absolute atomic E-state index is 0.749. The van der Waals surface area contributed by atoms with Crippen LogP contribution in [0.5, 0.6) is 11.5 Å². The van der Waals surface area contributed by atoms with Crippen LogP contribution < -0.4 is 9.47 Å². The first-order valence-corrected chi connectivity index (χ1v) is 8.55. The molecule has 0 saturated heterocycles. The quantitative estimate of drug-likeness (QED) is 0.580. The molecule has 0 fully saturated rings. The van der Waals surface area contributed by atoms with Gasteiger partial charge in [0.1, 0.15) is 23.1 Å². The fourth-order valence-electron chi connectivity index (χ4n) is 3.10. The number of aryl methyl sites for hydroxylation is 1. The zero-order valence-electron chi connectivity index (χ0n) is 15.4. The number of benzene rings is 2. The van der Waals surface area contributed by atoms with E-state index in [-0.39, 0.29) is 0 Å². The van der Waals surface area contributed by atoms with Gasteiger partial charge in [0, 0.05) is 42.3 Å². The average Bonchev–Trinajstić information content (AvgIpc) is 3.37. The van der Waals surface area contributed by atoms with Gasteiger partial charge in [0.15, 0.2) is 0 Å². The number of hydrogen-bond acceptors (Lipinski definition) is 4. The van der Waals surface area contributed by atoms with E-state index in [0.717, 1.165) is 45.5 Å². The van der Waals surface area contributed by atoms with Crippen LogP contribution in [0.15, 0.2) is 61.1 Å². The molecule has 0 radical (unpaired) electrons. The van der Waals surface area contributed by atoms with Crippen molar-refractivity contribution in [3.05, 3.63) is 61.1 Å². The summed E-state index contributed by atoms with van der Waals surface area (Å²) in [4.78, 5) is 12.2. The molecule has 6 heteroatoms. The zero-order chi connectivity index (χ0) is 18.8. The van der Waals surface area contributed by atoms with Crippen LogP contribution in [0.25, 0.3) is 34.0 Å². The van der Waals surface area contributed by atoms with Gasteiger partial charge in [-0.25, -0.2) is 9.97 Å². The molecule has 27 heavy (non-hydrogen) atoms. The third-order valence-electron chi connectivity index (χ3n) is 4.45. The lowest BCUT2D eigenvalue weighted by Crippen LogP contribution is -1.91. The van der Waals surface area contributed by atoms with E-state index in [9.17, 15) is 0 Å². The molecule has 0 aliphatic carbocycles. The number of hydrogen-bond donors (Lipinski definition) is 1. The Labute approximate surface area is 157 Å². The molecule has 2 aromatic carbocycles.